The Morgan fingerprint density at radius 1 is 1.21 bits per heavy atom. The van der Waals surface area contributed by atoms with Crippen LogP contribution < -0.4 is 0 Å². The minimum atomic E-state index is -0.348. The number of aromatic nitrogens is 1. The zero-order valence-corrected chi connectivity index (χ0v) is 13.8. The molecule has 122 valence electrons. The highest BCUT2D eigenvalue weighted by Crippen LogP contribution is 2.30. The van der Waals surface area contributed by atoms with Crippen LogP contribution in [0.5, 0.6) is 0 Å². The molecule has 1 aromatic heterocycles. The lowest BCUT2D eigenvalue weighted by molar-refractivity contribution is -0.142. The number of esters is 1. The summed E-state index contributed by atoms with van der Waals surface area (Å²) in [5, 5.41) is 1.18. The van der Waals surface area contributed by atoms with Gasteiger partial charge in [0.2, 0.25) is 0 Å². The Balaban J connectivity index is 2.01. The van der Waals surface area contributed by atoms with E-state index in [1.807, 2.05) is 6.07 Å². The van der Waals surface area contributed by atoms with Crippen molar-refractivity contribution < 1.29 is 13.9 Å². The molecule has 3 nitrogen and oxygen atoms in total. The molecule has 0 aliphatic rings. The summed E-state index contributed by atoms with van der Waals surface area (Å²) in [6.07, 6.45) is 0.176. The largest absolute Gasteiger partial charge is 0.466 e. The molecule has 3 rings (SSSR count). The Labute approximate surface area is 144 Å². The van der Waals surface area contributed by atoms with Gasteiger partial charge >= 0.3 is 5.97 Å². The van der Waals surface area contributed by atoms with Crippen LogP contribution >= 0.6 is 11.6 Å². The first kappa shape index (κ1) is 16.4. The van der Waals surface area contributed by atoms with E-state index in [1.54, 1.807) is 43.3 Å². The van der Waals surface area contributed by atoms with Crippen LogP contribution in [0.4, 0.5) is 4.39 Å². The van der Waals surface area contributed by atoms with Crippen molar-refractivity contribution in [3.63, 3.8) is 0 Å². The van der Waals surface area contributed by atoms with Gasteiger partial charge in [-0.15, -0.1) is 0 Å². The lowest BCUT2D eigenvalue weighted by Gasteiger charge is -2.08. The standard InChI is InChI=1S/C19H15ClFNO2/c1-2-24-19(23)10-12-7-8-17-14(9-12)15(20)11-18(22-17)13-5-3-4-6-16(13)21/h3-9,11H,2,10H2,1H3. The highest BCUT2D eigenvalue weighted by Gasteiger charge is 2.11. The number of pyridine rings is 1. The summed E-state index contributed by atoms with van der Waals surface area (Å²) >= 11 is 6.36. The molecule has 0 bridgehead atoms. The molecular weight excluding hydrogens is 329 g/mol. The van der Waals surface area contributed by atoms with Crippen LogP contribution in [0, 0.1) is 5.82 Å². The molecule has 0 N–H and O–H groups in total. The van der Waals surface area contributed by atoms with Crippen LogP contribution in [0.1, 0.15) is 12.5 Å². The van der Waals surface area contributed by atoms with Crippen molar-refractivity contribution in [3.05, 3.63) is 64.9 Å². The average molecular weight is 344 g/mol. The van der Waals surface area contributed by atoms with Gasteiger partial charge in [0.05, 0.1) is 29.3 Å². The summed E-state index contributed by atoms with van der Waals surface area (Å²) in [6, 6.07) is 13.5. The van der Waals surface area contributed by atoms with Gasteiger partial charge in [-0.2, -0.15) is 0 Å². The van der Waals surface area contributed by atoms with E-state index in [0.29, 0.717) is 28.4 Å². The van der Waals surface area contributed by atoms with E-state index in [9.17, 15) is 9.18 Å². The van der Waals surface area contributed by atoms with Gasteiger partial charge in [-0.25, -0.2) is 9.37 Å². The lowest BCUT2D eigenvalue weighted by Crippen LogP contribution is -2.07. The zero-order valence-electron chi connectivity index (χ0n) is 13.1. The van der Waals surface area contributed by atoms with Crippen molar-refractivity contribution in [2.75, 3.05) is 6.61 Å². The van der Waals surface area contributed by atoms with Gasteiger partial charge in [0.1, 0.15) is 5.82 Å². The first-order valence-corrected chi connectivity index (χ1v) is 7.96. The molecule has 1 heterocycles. The number of benzene rings is 2. The number of carbonyl (C=O) groups excluding carboxylic acids is 1. The fourth-order valence-electron chi connectivity index (χ4n) is 2.53. The van der Waals surface area contributed by atoms with Gasteiger partial charge in [-0.1, -0.05) is 29.8 Å². The third-order valence-electron chi connectivity index (χ3n) is 3.63. The van der Waals surface area contributed by atoms with Gasteiger partial charge in [0, 0.05) is 10.9 Å². The number of hydrogen-bond acceptors (Lipinski definition) is 3. The number of hydrogen-bond donors (Lipinski definition) is 0. The van der Waals surface area contributed by atoms with E-state index < -0.39 is 0 Å². The van der Waals surface area contributed by atoms with Crippen molar-refractivity contribution in [2.24, 2.45) is 0 Å². The summed E-state index contributed by atoms with van der Waals surface area (Å²) in [5.41, 5.74) is 2.32. The first-order valence-electron chi connectivity index (χ1n) is 7.58. The van der Waals surface area contributed by atoms with E-state index in [0.717, 1.165) is 10.9 Å². The Morgan fingerprint density at radius 3 is 2.75 bits per heavy atom. The van der Waals surface area contributed by atoms with Crippen molar-refractivity contribution in [2.45, 2.75) is 13.3 Å². The number of nitrogens with zero attached hydrogens (tertiary/aromatic N) is 1. The minimum Gasteiger partial charge on any atom is -0.466 e. The lowest BCUT2D eigenvalue weighted by atomic mass is 10.1. The third-order valence-corrected chi connectivity index (χ3v) is 3.94. The van der Waals surface area contributed by atoms with Crippen molar-refractivity contribution in [1.82, 2.24) is 4.98 Å². The molecule has 0 saturated carbocycles. The second kappa shape index (κ2) is 6.97. The quantitative estimate of drug-likeness (QED) is 0.639. The molecule has 5 heteroatoms. The second-order valence-corrected chi connectivity index (χ2v) is 5.71. The maximum absolute atomic E-state index is 14.0. The van der Waals surface area contributed by atoms with Gasteiger partial charge in [0.15, 0.2) is 0 Å². The Morgan fingerprint density at radius 2 is 2.00 bits per heavy atom. The molecule has 0 radical (unpaired) electrons. The molecule has 0 saturated heterocycles. The van der Waals surface area contributed by atoms with Crippen LogP contribution in [0.2, 0.25) is 5.02 Å². The van der Waals surface area contributed by atoms with Crippen LogP contribution in [-0.2, 0) is 16.0 Å². The number of carbonyl (C=O) groups is 1. The number of ether oxygens (including phenoxy) is 1. The Kier molecular flexibility index (Phi) is 4.76. The monoisotopic (exact) mass is 343 g/mol. The summed E-state index contributed by atoms with van der Waals surface area (Å²) in [5.74, 6) is -0.636. The normalized spacial score (nSPS) is 10.8. The SMILES string of the molecule is CCOC(=O)Cc1ccc2nc(-c3ccccc3F)cc(Cl)c2c1. The Bertz CT molecular complexity index is 911. The average Bonchev–Trinajstić information content (AvgIpc) is 2.56. The second-order valence-electron chi connectivity index (χ2n) is 5.30. The van der Waals surface area contributed by atoms with E-state index >= 15 is 0 Å². The highest BCUT2D eigenvalue weighted by atomic mass is 35.5. The summed E-state index contributed by atoms with van der Waals surface area (Å²) in [6.45, 7) is 2.12. The molecule has 0 atom stereocenters. The molecule has 0 unspecified atom stereocenters. The Hall–Kier alpha value is -2.46. The van der Waals surface area contributed by atoms with Crippen LogP contribution in [-0.4, -0.2) is 17.6 Å². The van der Waals surface area contributed by atoms with Crippen molar-refractivity contribution in [1.29, 1.82) is 0 Å². The van der Waals surface area contributed by atoms with E-state index in [1.165, 1.54) is 6.07 Å². The molecule has 0 aliphatic carbocycles. The molecular formula is C19H15ClFNO2. The predicted molar refractivity (Wildman–Crippen MR) is 92.5 cm³/mol. The molecule has 24 heavy (non-hydrogen) atoms. The fourth-order valence-corrected chi connectivity index (χ4v) is 2.78. The van der Waals surface area contributed by atoms with E-state index in [4.69, 9.17) is 16.3 Å². The minimum absolute atomic E-state index is 0.176. The summed E-state index contributed by atoms with van der Waals surface area (Å²) < 4.78 is 18.9. The number of rotatable bonds is 4. The van der Waals surface area contributed by atoms with Crippen LogP contribution in [0.15, 0.2) is 48.5 Å². The molecule has 3 aromatic rings. The highest BCUT2D eigenvalue weighted by molar-refractivity contribution is 6.35. The van der Waals surface area contributed by atoms with Gasteiger partial charge in [-0.05, 0) is 42.8 Å². The van der Waals surface area contributed by atoms with Gasteiger partial charge in [0.25, 0.3) is 0 Å². The maximum atomic E-state index is 14.0. The topological polar surface area (TPSA) is 39.2 Å². The van der Waals surface area contributed by atoms with Crippen molar-refractivity contribution in [3.8, 4) is 11.3 Å². The molecule has 0 amide bonds. The van der Waals surface area contributed by atoms with Gasteiger partial charge in [-0.3, -0.25) is 4.79 Å². The third kappa shape index (κ3) is 3.39. The molecule has 0 spiro atoms. The summed E-state index contributed by atoms with van der Waals surface area (Å²) in [4.78, 5) is 16.1. The van der Waals surface area contributed by atoms with E-state index in [2.05, 4.69) is 4.98 Å². The van der Waals surface area contributed by atoms with Crippen LogP contribution in [0.3, 0.4) is 0 Å². The molecule has 0 aliphatic heterocycles. The van der Waals surface area contributed by atoms with Crippen LogP contribution in [0.25, 0.3) is 22.2 Å². The maximum Gasteiger partial charge on any atom is 0.310 e. The fraction of sp³-hybridized carbons (Fsp3) is 0.158. The smallest absolute Gasteiger partial charge is 0.310 e. The van der Waals surface area contributed by atoms with E-state index in [-0.39, 0.29) is 18.2 Å². The molecule has 2 aromatic carbocycles. The van der Waals surface area contributed by atoms with Gasteiger partial charge < -0.3 is 4.74 Å². The summed E-state index contributed by atoms with van der Waals surface area (Å²) in [7, 11) is 0. The molecule has 0 fully saturated rings. The van der Waals surface area contributed by atoms with Crippen molar-refractivity contribution >= 4 is 28.5 Å². The number of halogens is 2. The first-order chi connectivity index (χ1) is 11.6. The predicted octanol–water partition coefficient (Wildman–Crippen LogP) is 4.80. The number of fused-ring (bicyclic) bond motifs is 1. The zero-order chi connectivity index (χ0) is 17.1.